The third kappa shape index (κ3) is 10.5. The summed E-state index contributed by atoms with van der Waals surface area (Å²) < 4.78 is 43.0. The highest BCUT2D eigenvalue weighted by molar-refractivity contribution is 5.89. The summed E-state index contributed by atoms with van der Waals surface area (Å²) in [6, 6.07) is 18.0. The first kappa shape index (κ1) is 30.4. The lowest BCUT2D eigenvalue weighted by molar-refractivity contribution is -0.149. The number of carbonyl (C=O) groups is 2. The molecule has 0 radical (unpaired) electrons. The van der Waals surface area contributed by atoms with E-state index in [2.05, 4.69) is 5.32 Å². The SMILES string of the molecule is CCOC(Cc1ccc(OCCN(CCCCOc2ccc(F)cc2)C(=O)Nc2ccc(F)cc2)cc1)C(=O)O. The molecule has 3 aromatic rings. The number of nitrogens with one attached hydrogen (secondary N) is 1. The number of carboxylic acids is 1. The van der Waals surface area contributed by atoms with Crippen LogP contribution in [0.5, 0.6) is 11.5 Å². The van der Waals surface area contributed by atoms with E-state index in [1.807, 2.05) is 0 Å². The number of unbranched alkanes of at least 4 members (excludes halogenated alkanes) is 1. The number of anilines is 1. The molecule has 2 N–H and O–H groups in total. The molecule has 40 heavy (non-hydrogen) atoms. The van der Waals surface area contributed by atoms with Gasteiger partial charge in [-0.15, -0.1) is 0 Å². The van der Waals surface area contributed by atoms with Crippen molar-refractivity contribution in [2.24, 2.45) is 0 Å². The highest BCUT2D eigenvalue weighted by atomic mass is 19.1. The molecule has 2 amide bonds. The molecule has 0 aliphatic carbocycles. The van der Waals surface area contributed by atoms with E-state index >= 15 is 0 Å². The summed E-state index contributed by atoms with van der Waals surface area (Å²) in [6.45, 7) is 3.41. The number of hydrogen-bond donors (Lipinski definition) is 2. The first-order valence-corrected chi connectivity index (χ1v) is 13.1. The van der Waals surface area contributed by atoms with Gasteiger partial charge in [0.1, 0.15) is 29.7 Å². The first-order chi connectivity index (χ1) is 19.3. The van der Waals surface area contributed by atoms with E-state index in [4.69, 9.17) is 14.2 Å². The highest BCUT2D eigenvalue weighted by Crippen LogP contribution is 2.16. The van der Waals surface area contributed by atoms with Crippen molar-refractivity contribution < 1.29 is 37.7 Å². The quantitative estimate of drug-likeness (QED) is 0.218. The zero-order chi connectivity index (χ0) is 28.7. The summed E-state index contributed by atoms with van der Waals surface area (Å²) in [5, 5.41) is 12.0. The van der Waals surface area contributed by atoms with Gasteiger partial charge in [-0.25, -0.2) is 18.4 Å². The first-order valence-electron chi connectivity index (χ1n) is 13.1. The number of amides is 2. The van der Waals surface area contributed by atoms with Crippen molar-refractivity contribution in [3.63, 3.8) is 0 Å². The molecular weight excluding hydrogens is 522 g/mol. The van der Waals surface area contributed by atoms with Crippen molar-refractivity contribution in [2.45, 2.75) is 32.3 Å². The summed E-state index contributed by atoms with van der Waals surface area (Å²) in [7, 11) is 0. The molecule has 0 aliphatic heterocycles. The van der Waals surface area contributed by atoms with Crippen LogP contribution in [0.1, 0.15) is 25.3 Å². The van der Waals surface area contributed by atoms with Crippen molar-refractivity contribution in [3.8, 4) is 11.5 Å². The van der Waals surface area contributed by atoms with Crippen molar-refractivity contribution >= 4 is 17.7 Å². The lowest BCUT2D eigenvalue weighted by Gasteiger charge is -2.23. The van der Waals surface area contributed by atoms with E-state index in [9.17, 15) is 23.5 Å². The van der Waals surface area contributed by atoms with Crippen LogP contribution in [-0.2, 0) is 16.0 Å². The zero-order valence-corrected chi connectivity index (χ0v) is 22.4. The van der Waals surface area contributed by atoms with E-state index < -0.39 is 17.9 Å². The summed E-state index contributed by atoms with van der Waals surface area (Å²) in [6.07, 6.45) is 0.647. The van der Waals surface area contributed by atoms with Gasteiger partial charge in [0, 0.05) is 25.3 Å². The van der Waals surface area contributed by atoms with Crippen LogP contribution in [0.25, 0.3) is 0 Å². The Hall–Kier alpha value is -4.18. The van der Waals surface area contributed by atoms with Gasteiger partial charge in [-0.2, -0.15) is 0 Å². The number of carboxylic acid groups (broad SMARTS) is 1. The molecule has 0 saturated carbocycles. The van der Waals surface area contributed by atoms with E-state index in [-0.39, 0.29) is 24.9 Å². The number of urea groups is 1. The Morgan fingerprint density at radius 1 is 0.825 bits per heavy atom. The average molecular weight is 557 g/mol. The third-order valence-electron chi connectivity index (χ3n) is 5.91. The minimum absolute atomic E-state index is 0.221. The fourth-order valence-corrected chi connectivity index (χ4v) is 3.80. The molecule has 214 valence electrons. The van der Waals surface area contributed by atoms with Gasteiger partial charge in [0.25, 0.3) is 0 Å². The van der Waals surface area contributed by atoms with Crippen LogP contribution >= 0.6 is 0 Å². The Kier molecular flexibility index (Phi) is 12.2. The van der Waals surface area contributed by atoms with Crippen LogP contribution < -0.4 is 14.8 Å². The summed E-state index contributed by atoms with van der Waals surface area (Å²) in [4.78, 5) is 25.9. The minimum atomic E-state index is -1.01. The molecule has 0 aliphatic rings. The number of nitrogens with zero attached hydrogens (tertiary/aromatic N) is 1. The van der Waals surface area contributed by atoms with Crippen LogP contribution in [0.3, 0.4) is 0 Å². The van der Waals surface area contributed by atoms with Crippen molar-refractivity contribution in [1.29, 1.82) is 0 Å². The van der Waals surface area contributed by atoms with E-state index in [0.29, 0.717) is 56.3 Å². The molecule has 1 unspecified atom stereocenters. The third-order valence-corrected chi connectivity index (χ3v) is 5.91. The van der Waals surface area contributed by atoms with Crippen molar-refractivity contribution in [3.05, 3.63) is 90.0 Å². The smallest absolute Gasteiger partial charge is 0.333 e. The largest absolute Gasteiger partial charge is 0.494 e. The van der Waals surface area contributed by atoms with Crippen molar-refractivity contribution in [2.75, 3.05) is 38.2 Å². The van der Waals surface area contributed by atoms with E-state index in [0.717, 1.165) is 5.56 Å². The van der Waals surface area contributed by atoms with Gasteiger partial charge >= 0.3 is 12.0 Å². The number of hydrogen-bond acceptors (Lipinski definition) is 5. The Morgan fingerprint density at radius 3 is 2.00 bits per heavy atom. The van der Waals surface area contributed by atoms with Crippen LogP contribution in [0, 0.1) is 11.6 Å². The topological polar surface area (TPSA) is 97.3 Å². The second kappa shape index (κ2) is 16.0. The maximum absolute atomic E-state index is 13.2. The molecule has 0 aromatic heterocycles. The van der Waals surface area contributed by atoms with Gasteiger partial charge in [0.15, 0.2) is 6.10 Å². The second-order valence-corrected chi connectivity index (χ2v) is 8.91. The number of halogens is 2. The molecule has 8 nitrogen and oxygen atoms in total. The summed E-state index contributed by atoms with van der Waals surface area (Å²) >= 11 is 0. The molecule has 1 atom stereocenters. The Labute approximate surface area is 232 Å². The van der Waals surface area contributed by atoms with E-state index in [1.54, 1.807) is 48.2 Å². The number of benzene rings is 3. The Balaban J connectivity index is 1.51. The highest BCUT2D eigenvalue weighted by Gasteiger charge is 2.18. The average Bonchev–Trinajstić information content (AvgIpc) is 2.94. The predicted octanol–water partition coefficient (Wildman–Crippen LogP) is 5.77. The fraction of sp³-hybridized carbons (Fsp3) is 0.333. The maximum Gasteiger partial charge on any atom is 0.333 e. The number of ether oxygens (including phenoxy) is 3. The van der Waals surface area contributed by atoms with Crippen molar-refractivity contribution in [1.82, 2.24) is 4.90 Å². The van der Waals surface area contributed by atoms with Gasteiger partial charge in [0.2, 0.25) is 0 Å². The molecule has 10 heteroatoms. The van der Waals surface area contributed by atoms with Crippen LogP contribution in [-0.4, -0.2) is 61.0 Å². The molecule has 0 bridgehead atoms. The molecular formula is C30H34F2N2O6. The lowest BCUT2D eigenvalue weighted by atomic mass is 10.1. The molecule has 0 saturated heterocycles. The normalized spacial score (nSPS) is 11.5. The van der Waals surface area contributed by atoms with Crippen LogP contribution in [0.4, 0.5) is 19.3 Å². The molecule has 3 aromatic carbocycles. The molecule has 0 fully saturated rings. The Bertz CT molecular complexity index is 1190. The number of carbonyl (C=O) groups excluding carboxylic acids is 1. The summed E-state index contributed by atoms with van der Waals surface area (Å²) in [5.41, 5.74) is 1.27. The van der Waals surface area contributed by atoms with E-state index in [1.165, 1.54) is 36.4 Å². The van der Waals surface area contributed by atoms with Gasteiger partial charge in [-0.3, -0.25) is 0 Å². The van der Waals surface area contributed by atoms with Gasteiger partial charge < -0.3 is 29.5 Å². The standard InChI is InChI=1S/C30H34F2N2O6/c1-2-38-28(29(35)36)21-22-5-13-26(14-6-22)40-20-18-34(30(37)33-25-11-7-23(31)8-12-25)17-3-4-19-39-27-15-9-24(32)10-16-27/h5-16,28H,2-4,17-21H2,1H3,(H,33,37)(H,35,36). The lowest BCUT2D eigenvalue weighted by Crippen LogP contribution is -2.38. The minimum Gasteiger partial charge on any atom is -0.494 e. The number of rotatable bonds is 16. The zero-order valence-electron chi connectivity index (χ0n) is 22.4. The molecule has 3 rings (SSSR count). The molecule has 0 spiro atoms. The van der Waals surface area contributed by atoms with Gasteiger partial charge in [-0.05, 0) is 86.0 Å². The van der Waals surface area contributed by atoms with Gasteiger partial charge in [-0.1, -0.05) is 12.1 Å². The maximum atomic E-state index is 13.2. The molecule has 0 heterocycles. The van der Waals surface area contributed by atoms with Crippen LogP contribution in [0.15, 0.2) is 72.8 Å². The second-order valence-electron chi connectivity index (χ2n) is 8.91. The fourth-order valence-electron chi connectivity index (χ4n) is 3.80. The predicted molar refractivity (Wildman–Crippen MR) is 147 cm³/mol. The Morgan fingerprint density at radius 2 is 1.40 bits per heavy atom. The summed E-state index contributed by atoms with van der Waals surface area (Å²) in [5.74, 6) is -0.585. The number of aliphatic carboxylic acids is 1. The van der Waals surface area contributed by atoms with Gasteiger partial charge in [0.05, 0.1) is 13.2 Å². The van der Waals surface area contributed by atoms with Crippen LogP contribution in [0.2, 0.25) is 0 Å². The monoisotopic (exact) mass is 556 g/mol.